The quantitative estimate of drug-likeness (QED) is 0.686. The number of carbonyl (C=O) groups is 1. The van der Waals surface area contributed by atoms with E-state index in [-0.39, 0.29) is 23.6 Å². The van der Waals surface area contributed by atoms with Crippen LogP contribution in [0.4, 0.5) is 22.0 Å². The van der Waals surface area contributed by atoms with E-state index in [2.05, 4.69) is 0 Å². The molecule has 0 aromatic rings. The number of hydrogen-bond acceptors (Lipinski definition) is 2. The molecule has 1 aliphatic rings. The zero-order valence-corrected chi connectivity index (χ0v) is 10.0. The summed E-state index contributed by atoms with van der Waals surface area (Å²) in [6, 6.07) is 0. The van der Waals surface area contributed by atoms with Crippen LogP contribution in [0.25, 0.3) is 0 Å². The van der Waals surface area contributed by atoms with Crippen molar-refractivity contribution in [2.75, 3.05) is 13.1 Å². The van der Waals surface area contributed by atoms with Gasteiger partial charge in [-0.15, -0.1) is 0 Å². The average Bonchev–Trinajstić information content (AvgIpc) is 2.13. The molecule has 0 aliphatic carbocycles. The highest BCUT2D eigenvalue weighted by Crippen LogP contribution is 2.38. The lowest BCUT2D eigenvalue weighted by Crippen LogP contribution is -2.55. The number of rotatable bonds is 1. The molecule has 0 aromatic heterocycles. The van der Waals surface area contributed by atoms with Gasteiger partial charge in [-0.25, -0.2) is 0 Å². The molecule has 0 aromatic carbocycles. The van der Waals surface area contributed by atoms with Crippen LogP contribution < -0.4 is 0 Å². The lowest BCUT2D eigenvalue weighted by molar-refractivity contribution is -0.274. The molecule has 2 unspecified atom stereocenters. The van der Waals surface area contributed by atoms with Crippen LogP contribution in [0.3, 0.4) is 0 Å². The molecular weight excluding hydrogens is 265 g/mol. The summed E-state index contributed by atoms with van der Waals surface area (Å²) in [6.07, 6.45) is -5.83. The minimum atomic E-state index is -5.83. The minimum Gasteiger partial charge on any atom is -0.335 e. The van der Waals surface area contributed by atoms with E-state index in [0.29, 0.717) is 4.90 Å². The third-order valence-corrected chi connectivity index (χ3v) is 3.56. The Bertz CT molecular complexity index is 296. The van der Waals surface area contributed by atoms with E-state index in [9.17, 15) is 26.7 Å². The van der Waals surface area contributed by atoms with Crippen molar-refractivity contribution in [1.29, 1.82) is 0 Å². The smallest absolute Gasteiger partial charge is 0.335 e. The first-order chi connectivity index (χ1) is 7.55. The normalized spacial score (nSPS) is 27.1. The Hall–Kier alpha value is -0.530. The Kier molecular flexibility index (Phi) is 3.95. The maximum Gasteiger partial charge on any atom is 0.463 e. The number of alkyl halides is 5. The van der Waals surface area contributed by atoms with Crippen LogP contribution in [0.1, 0.15) is 13.8 Å². The van der Waals surface area contributed by atoms with E-state index < -0.39 is 18.0 Å². The molecule has 1 fully saturated rings. The molecular formula is C9H12F5NOS. The van der Waals surface area contributed by atoms with E-state index in [1.807, 2.05) is 0 Å². The Morgan fingerprint density at radius 2 is 1.53 bits per heavy atom. The van der Waals surface area contributed by atoms with Gasteiger partial charge in [0.15, 0.2) is 0 Å². The number of amides is 1. The molecule has 1 rings (SSSR count). The number of nitrogens with zero attached hydrogens (tertiary/aromatic N) is 1. The van der Waals surface area contributed by atoms with Crippen molar-refractivity contribution in [3.8, 4) is 0 Å². The van der Waals surface area contributed by atoms with Crippen LogP contribution in [0.5, 0.6) is 0 Å². The monoisotopic (exact) mass is 277 g/mol. The summed E-state index contributed by atoms with van der Waals surface area (Å²) in [4.78, 5) is 11.8. The van der Waals surface area contributed by atoms with Gasteiger partial charge in [-0.05, 0) is 0 Å². The van der Waals surface area contributed by atoms with Crippen LogP contribution in [-0.2, 0) is 4.79 Å². The van der Waals surface area contributed by atoms with Gasteiger partial charge in [-0.3, -0.25) is 4.79 Å². The molecule has 1 amide bonds. The Morgan fingerprint density at radius 1 is 1.12 bits per heavy atom. The molecule has 100 valence electrons. The largest absolute Gasteiger partial charge is 0.463 e. The van der Waals surface area contributed by atoms with Crippen molar-refractivity contribution in [2.24, 2.45) is 0 Å². The van der Waals surface area contributed by atoms with Crippen LogP contribution in [0.15, 0.2) is 0 Å². The van der Waals surface area contributed by atoms with Gasteiger partial charge in [-0.2, -0.15) is 33.7 Å². The fraction of sp³-hybridized carbons (Fsp3) is 0.889. The van der Waals surface area contributed by atoms with Crippen LogP contribution >= 0.6 is 11.8 Å². The van der Waals surface area contributed by atoms with E-state index in [1.54, 1.807) is 13.8 Å². The molecule has 17 heavy (non-hydrogen) atoms. The molecule has 1 aliphatic heterocycles. The molecule has 0 radical (unpaired) electrons. The van der Waals surface area contributed by atoms with Crippen LogP contribution in [0, 0.1) is 0 Å². The molecule has 0 N–H and O–H groups in total. The van der Waals surface area contributed by atoms with Crippen molar-refractivity contribution in [3.63, 3.8) is 0 Å². The van der Waals surface area contributed by atoms with Gasteiger partial charge in [0, 0.05) is 23.6 Å². The first-order valence-corrected chi connectivity index (χ1v) is 5.89. The zero-order chi connectivity index (χ0) is 13.4. The summed E-state index contributed by atoms with van der Waals surface area (Å²) in [7, 11) is 0. The fourth-order valence-electron chi connectivity index (χ4n) is 1.66. The van der Waals surface area contributed by atoms with E-state index in [0.717, 1.165) is 0 Å². The van der Waals surface area contributed by atoms with E-state index in [4.69, 9.17) is 0 Å². The van der Waals surface area contributed by atoms with Crippen LogP contribution in [0.2, 0.25) is 0 Å². The highest BCUT2D eigenvalue weighted by Gasteiger charge is 2.64. The standard InChI is InChI=1S/C9H12F5NOS/c1-5-3-15(4-6(2)17-5)7(16)8(10,11)9(12,13)14/h5-6H,3-4H2,1-2H3. The Balaban J connectivity index is 2.83. The predicted molar refractivity (Wildman–Crippen MR) is 54.1 cm³/mol. The molecule has 1 heterocycles. The third kappa shape index (κ3) is 3.02. The maximum absolute atomic E-state index is 12.8. The van der Waals surface area contributed by atoms with Gasteiger partial charge in [0.2, 0.25) is 0 Å². The average molecular weight is 277 g/mol. The van der Waals surface area contributed by atoms with Crippen molar-refractivity contribution in [3.05, 3.63) is 0 Å². The molecule has 0 spiro atoms. The van der Waals surface area contributed by atoms with E-state index in [1.165, 1.54) is 11.8 Å². The number of hydrogen-bond donors (Lipinski definition) is 0. The first-order valence-electron chi connectivity index (χ1n) is 4.95. The highest BCUT2D eigenvalue weighted by atomic mass is 32.2. The molecule has 1 saturated heterocycles. The summed E-state index contributed by atoms with van der Waals surface area (Å²) >= 11 is 1.46. The summed E-state index contributed by atoms with van der Waals surface area (Å²) in [5, 5.41) is -0.293. The van der Waals surface area contributed by atoms with Crippen molar-refractivity contribution in [1.82, 2.24) is 4.90 Å². The number of halogens is 5. The summed E-state index contributed by atoms with van der Waals surface area (Å²) in [5.41, 5.74) is 0. The van der Waals surface area contributed by atoms with Gasteiger partial charge >= 0.3 is 18.0 Å². The summed E-state index contributed by atoms with van der Waals surface area (Å²) in [5.74, 6) is -7.45. The molecule has 8 heteroatoms. The zero-order valence-electron chi connectivity index (χ0n) is 9.22. The second-order valence-electron chi connectivity index (χ2n) is 4.04. The van der Waals surface area contributed by atoms with Gasteiger partial charge in [-0.1, -0.05) is 13.8 Å². The van der Waals surface area contributed by atoms with Gasteiger partial charge in [0.05, 0.1) is 0 Å². The highest BCUT2D eigenvalue weighted by molar-refractivity contribution is 8.00. The van der Waals surface area contributed by atoms with Gasteiger partial charge < -0.3 is 4.90 Å². The number of carbonyl (C=O) groups excluding carboxylic acids is 1. The predicted octanol–water partition coefficient (Wildman–Crippen LogP) is 2.54. The third-order valence-electron chi connectivity index (χ3n) is 2.33. The number of thioether (sulfide) groups is 1. The molecule has 0 bridgehead atoms. The topological polar surface area (TPSA) is 20.3 Å². The summed E-state index contributed by atoms with van der Waals surface area (Å²) < 4.78 is 61.8. The second kappa shape index (κ2) is 4.62. The Morgan fingerprint density at radius 3 is 1.88 bits per heavy atom. The molecule has 0 saturated carbocycles. The van der Waals surface area contributed by atoms with Crippen molar-refractivity contribution in [2.45, 2.75) is 36.4 Å². The maximum atomic E-state index is 12.8. The lowest BCUT2D eigenvalue weighted by Gasteiger charge is -2.36. The SMILES string of the molecule is CC1CN(C(=O)C(F)(F)C(F)(F)F)CC(C)S1. The first kappa shape index (κ1) is 14.5. The molecule has 2 atom stereocenters. The van der Waals surface area contributed by atoms with Crippen molar-refractivity contribution < 1.29 is 26.7 Å². The van der Waals surface area contributed by atoms with Crippen molar-refractivity contribution >= 4 is 17.7 Å². The van der Waals surface area contributed by atoms with Gasteiger partial charge in [0.1, 0.15) is 0 Å². The van der Waals surface area contributed by atoms with E-state index >= 15 is 0 Å². The lowest BCUT2D eigenvalue weighted by atomic mass is 10.2. The van der Waals surface area contributed by atoms with Gasteiger partial charge in [0.25, 0.3) is 0 Å². The second-order valence-corrected chi connectivity index (χ2v) is 5.92. The summed E-state index contributed by atoms with van der Waals surface area (Å²) in [6.45, 7) is 3.21. The Labute approximate surface area is 99.5 Å². The molecule has 2 nitrogen and oxygen atoms in total. The minimum absolute atomic E-state index is 0.0838. The van der Waals surface area contributed by atoms with Crippen LogP contribution in [-0.4, -0.2) is 46.5 Å². The fourth-order valence-corrected chi connectivity index (χ4v) is 2.99.